The van der Waals surface area contributed by atoms with Gasteiger partial charge in [0.15, 0.2) is 0 Å². The number of nitrogens with two attached hydrogens (primary N) is 1. The quantitative estimate of drug-likeness (QED) is 0.790. The molecule has 0 aliphatic rings. The van der Waals surface area contributed by atoms with Crippen molar-refractivity contribution in [1.29, 1.82) is 0 Å². The zero-order valence-corrected chi connectivity index (χ0v) is 12.3. The first-order valence-corrected chi connectivity index (χ1v) is 6.93. The van der Waals surface area contributed by atoms with Crippen molar-refractivity contribution in [3.63, 3.8) is 0 Å². The molecule has 0 bridgehead atoms. The third-order valence-electron chi connectivity index (χ3n) is 3.25. The lowest BCUT2D eigenvalue weighted by Crippen LogP contribution is -2.31. The Bertz CT molecular complexity index is 703. The minimum absolute atomic E-state index is 0.0476. The summed E-state index contributed by atoms with van der Waals surface area (Å²) < 4.78 is 50.7. The zero-order chi connectivity index (χ0) is 17.7. The van der Waals surface area contributed by atoms with E-state index in [9.17, 15) is 22.4 Å². The molecule has 0 saturated heterocycles. The predicted molar refractivity (Wildman–Crippen MR) is 78.3 cm³/mol. The fraction of sp³-hybridized carbons (Fsp3) is 0.267. The van der Waals surface area contributed by atoms with Crippen LogP contribution in [0.25, 0.3) is 0 Å². The fourth-order valence-electron chi connectivity index (χ4n) is 1.99. The van der Waals surface area contributed by atoms with Gasteiger partial charge in [-0.1, -0.05) is 12.1 Å². The Morgan fingerprint density at radius 2 is 1.88 bits per heavy atom. The van der Waals surface area contributed by atoms with Crippen LogP contribution in [0.2, 0.25) is 0 Å². The first-order chi connectivity index (χ1) is 11.3. The zero-order valence-electron chi connectivity index (χ0n) is 12.3. The molecule has 5 nitrogen and oxygen atoms in total. The van der Waals surface area contributed by atoms with E-state index in [1.165, 1.54) is 24.3 Å². The second-order valence-corrected chi connectivity index (χ2v) is 5.07. The summed E-state index contributed by atoms with van der Waals surface area (Å²) in [7, 11) is 0. The first-order valence-electron chi connectivity index (χ1n) is 6.93. The molecule has 0 aliphatic heterocycles. The Kier molecular flexibility index (Phi) is 5.32. The Balaban J connectivity index is 2.04. The van der Waals surface area contributed by atoms with Gasteiger partial charge < -0.3 is 11.1 Å². The first kappa shape index (κ1) is 17.6. The molecule has 1 atom stereocenters. The molecule has 0 unspecified atom stereocenters. The van der Waals surface area contributed by atoms with E-state index in [0.717, 1.165) is 12.3 Å². The number of rotatable bonds is 6. The summed E-state index contributed by atoms with van der Waals surface area (Å²) in [6.07, 6.45) is -3.41. The number of nitrogens with one attached hydrogen (secondary N) is 1. The van der Waals surface area contributed by atoms with Gasteiger partial charge in [-0.15, -0.1) is 0 Å². The minimum atomic E-state index is -4.59. The van der Waals surface area contributed by atoms with Crippen molar-refractivity contribution in [2.24, 2.45) is 11.7 Å². The van der Waals surface area contributed by atoms with Gasteiger partial charge in [-0.3, -0.25) is 4.79 Å². The third kappa shape index (κ3) is 4.90. The van der Waals surface area contributed by atoms with Crippen molar-refractivity contribution >= 4 is 11.9 Å². The summed E-state index contributed by atoms with van der Waals surface area (Å²) in [5.41, 5.74) is 4.89. The lowest BCUT2D eigenvalue weighted by molar-refractivity contribution is -0.141. The van der Waals surface area contributed by atoms with Crippen LogP contribution in [0.15, 0.2) is 36.5 Å². The number of alkyl halides is 3. The Morgan fingerprint density at radius 3 is 2.46 bits per heavy atom. The molecule has 1 heterocycles. The number of primary amides is 1. The maximum absolute atomic E-state index is 12.9. The van der Waals surface area contributed by atoms with Crippen LogP contribution in [0.5, 0.6) is 0 Å². The number of carbonyl (C=O) groups is 1. The fourth-order valence-corrected chi connectivity index (χ4v) is 1.99. The second kappa shape index (κ2) is 7.24. The van der Waals surface area contributed by atoms with E-state index >= 15 is 0 Å². The highest BCUT2D eigenvalue weighted by molar-refractivity contribution is 5.77. The molecule has 0 spiro atoms. The van der Waals surface area contributed by atoms with Crippen LogP contribution in [0, 0.1) is 11.7 Å². The average Bonchev–Trinajstić information content (AvgIpc) is 2.52. The molecule has 9 heteroatoms. The molecule has 0 radical (unpaired) electrons. The molecule has 0 saturated carbocycles. The van der Waals surface area contributed by atoms with Crippen molar-refractivity contribution in [2.75, 3.05) is 11.9 Å². The van der Waals surface area contributed by atoms with Gasteiger partial charge in [0, 0.05) is 12.7 Å². The lowest BCUT2D eigenvalue weighted by Gasteiger charge is -2.15. The SMILES string of the molecule is NC(=O)[C@H](CNc1nccc(C(F)(F)F)n1)Cc1ccc(F)cc1. The molecule has 3 N–H and O–H groups in total. The summed E-state index contributed by atoms with van der Waals surface area (Å²) in [5.74, 6) is -2.02. The molecule has 2 aromatic rings. The molecule has 24 heavy (non-hydrogen) atoms. The number of anilines is 1. The molecule has 0 fully saturated rings. The van der Waals surface area contributed by atoms with Crippen molar-refractivity contribution < 1.29 is 22.4 Å². The highest BCUT2D eigenvalue weighted by atomic mass is 19.4. The van der Waals surface area contributed by atoms with Gasteiger partial charge in [-0.05, 0) is 30.2 Å². The van der Waals surface area contributed by atoms with E-state index in [1.54, 1.807) is 0 Å². The highest BCUT2D eigenvalue weighted by Crippen LogP contribution is 2.27. The summed E-state index contributed by atoms with van der Waals surface area (Å²) >= 11 is 0. The van der Waals surface area contributed by atoms with Gasteiger partial charge in [-0.25, -0.2) is 14.4 Å². The van der Waals surface area contributed by atoms with Gasteiger partial charge in [0.2, 0.25) is 11.9 Å². The Labute approximate surface area is 134 Å². The van der Waals surface area contributed by atoms with Crippen LogP contribution < -0.4 is 11.1 Å². The molecular formula is C15H14F4N4O. The van der Waals surface area contributed by atoms with Crippen molar-refractivity contribution in [3.8, 4) is 0 Å². The Hall–Kier alpha value is -2.71. The molecule has 2 rings (SSSR count). The van der Waals surface area contributed by atoms with Gasteiger partial charge in [0.1, 0.15) is 11.5 Å². The largest absolute Gasteiger partial charge is 0.433 e. The number of nitrogens with zero attached hydrogens (tertiary/aromatic N) is 2. The van der Waals surface area contributed by atoms with E-state index in [-0.39, 0.29) is 18.9 Å². The number of hydrogen-bond donors (Lipinski definition) is 2. The summed E-state index contributed by atoms with van der Waals surface area (Å²) in [6.45, 7) is -0.0476. The number of amides is 1. The van der Waals surface area contributed by atoms with E-state index in [0.29, 0.717) is 5.56 Å². The topological polar surface area (TPSA) is 80.9 Å². The molecule has 1 aromatic heterocycles. The second-order valence-electron chi connectivity index (χ2n) is 5.07. The van der Waals surface area contributed by atoms with Crippen LogP contribution in [-0.2, 0) is 17.4 Å². The number of benzene rings is 1. The maximum atomic E-state index is 12.9. The van der Waals surface area contributed by atoms with Gasteiger partial charge >= 0.3 is 6.18 Å². The number of aromatic nitrogens is 2. The van der Waals surface area contributed by atoms with Crippen LogP contribution in [-0.4, -0.2) is 22.4 Å². The van der Waals surface area contributed by atoms with Gasteiger partial charge in [0.25, 0.3) is 0 Å². The van der Waals surface area contributed by atoms with E-state index < -0.39 is 29.5 Å². The van der Waals surface area contributed by atoms with Crippen LogP contribution in [0.3, 0.4) is 0 Å². The average molecular weight is 342 g/mol. The molecule has 128 valence electrons. The highest BCUT2D eigenvalue weighted by Gasteiger charge is 2.32. The number of halogens is 4. The summed E-state index contributed by atoms with van der Waals surface area (Å²) in [5, 5.41) is 2.57. The van der Waals surface area contributed by atoms with Gasteiger partial charge in [-0.2, -0.15) is 13.2 Å². The van der Waals surface area contributed by atoms with E-state index in [2.05, 4.69) is 15.3 Å². The van der Waals surface area contributed by atoms with Gasteiger partial charge in [0.05, 0.1) is 5.92 Å². The van der Waals surface area contributed by atoms with E-state index in [4.69, 9.17) is 5.73 Å². The number of hydrogen-bond acceptors (Lipinski definition) is 4. The Morgan fingerprint density at radius 1 is 1.21 bits per heavy atom. The summed E-state index contributed by atoms with van der Waals surface area (Å²) in [4.78, 5) is 18.5. The van der Waals surface area contributed by atoms with Crippen molar-refractivity contribution in [3.05, 3.63) is 53.6 Å². The predicted octanol–water partition coefficient (Wildman–Crippen LogP) is 2.39. The smallest absolute Gasteiger partial charge is 0.369 e. The van der Waals surface area contributed by atoms with Crippen LogP contribution in [0.4, 0.5) is 23.5 Å². The third-order valence-corrected chi connectivity index (χ3v) is 3.25. The normalized spacial score (nSPS) is 12.7. The van der Waals surface area contributed by atoms with Crippen LogP contribution in [0.1, 0.15) is 11.3 Å². The van der Waals surface area contributed by atoms with E-state index in [1.807, 2.05) is 0 Å². The standard InChI is InChI=1S/C15H14F4N4O/c16-11-3-1-9(2-4-11)7-10(13(20)24)8-22-14-21-6-5-12(23-14)15(17,18)19/h1-6,10H,7-8H2,(H2,20,24)(H,21,22,23)/t10-/m0/s1. The minimum Gasteiger partial charge on any atom is -0.369 e. The van der Waals surface area contributed by atoms with Crippen molar-refractivity contribution in [2.45, 2.75) is 12.6 Å². The molecule has 1 aromatic carbocycles. The number of carbonyl (C=O) groups excluding carboxylic acids is 1. The van der Waals surface area contributed by atoms with Crippen LogP contribution >= 0.6 is 0 Å². The monoisotopic (exact) mass is 342 g/mol. The lowest BCUT2D eigenvalue weighted by atomic mass is 9.98. The molecule has 1 amide bonds. The summed E-state index contributed by atoms with van der Waals surface area (Å²) in [6, 6.07) is 6.25. The molecular weight excluding hydrogens is 328 g/mol. The molecule has 0 aliphatic carbocycles. The van der Waals surface area contributed by atoms with Crippen molar-refractivity contribution in [1.82, 2.24) is 9.97 Å². The maximum Gasteiger partial charge on any atom is 0.433 e.